The molecule has 2 fully saturated rings. The Kier molecular flexibility index (Phi) is 3.49. The standard InChI is InChI=1S/C21H18FN3O3/c1-11-16-17(21(24-11)14-4-2-3-5-15(14)23-20(21)28)19(27)25(18(16)26)10-12-6-8-13(22)9-7-12/h2-9,11,16-17,24H,10H2,1H3,(H,23,28)/t11-,16+,17-,21-/m0/s1. The lowest BCUT2D eigenvalue weighted by molar-refractivity contribution is -0.143. The van der Waals surface area contributed by atoms with Crippen molar-refractivity contribution in [2.75, 3.05) is 5.32 Å². The van der Waals surface area contributed by atoms with Gasteiger partial charge in [-0.3, -0.25) is 24.6 Å². The molecule has 5 rings (SSSR count). The van der Waals surface area contributed by atoms with Crippen LogP contribution in [0.5, 0.6) is 0 Å². The molecule has 1 spiro atoms. The van der Waals surface area contributed by atoms with Crippen LogP contribution in [0.2, 0.25) is 0 Å². The molecule has 3 heterocycles. The van der Waals surface area contributed by atoms with Crippen molar-refractivity contribution in [1.82, 2.24) is 10.2 Å². The normalized spacial score (nSPS) is 30.7. The van der Waals surface area contributed by atoms with Gasteiger partial charge in [0.15, 0.2) is 0 Å². The highest BCUT2D eigenvalue weighted by Crippen LogP contribution is 2.52. The van der Waals surface area contributed by atoms with Crippen LogP contribution in [-0.2, 0) is 26.5 Å². The number of benzene rings is 2. The van der Waals surface area contributed by atoms with Gasteiger partial charge in [-0.2, -0.15) is 0 Å². The van der Waals surface area contributed by atoms with Crippen LogP contribution in [-0.4, -0.2) is 28.7 Å². The predicted octanol–water partition coefficient (Wildman–Crippen LogP) is 1.77. The van der Waals surface area contributed by atoms with Crippen molar-refractivity contribution in [3.8, 4) is 0 Å². The zero-order valence-corrected chi connectivity index (χ0v) is 15.1. The average molecular weight is 379 g/mol. The molecule has 2 N–H and O–H groups in total. The molecule has 0 saturated carbocycles. The summed E-state index contributed by atoms with van der Waals surface area (Å²) < 4.78 is 13.2. The second-order valence-corrected chi connectivity index (χ2v) is 7.63. The van der Waals surface area contributed by atoms with Gasteiger partial charge in [0.1, 0.15) is 11.4 Å². The number of halogens is 1. The minimum Gasteiger partial charge on any atom is -0.324 e. The van der Waals surface area contributed by atoms with Crippen molar-refractivity contribution < 1.29 is 18.8 Å². The minimum atomic E-state index is -1.25. The summed E-state index contributed by atoms with van der Waals surface area (Å²) in [6.45, 7) is 1.89. The molecule has 0 radical (unpaired) electrons. The number of rotatable bonds is 2. The lowest BCUT2D eigenvalue weighted by atomic mass is 9.76. The summed E-state index contributed by atoms with van der Waals surface area (Å²) in [7, 11) is 0. The van der Waals surface area contributed by atoms with E-state index in [0.717, 1.165) is 0 Å². The zero-order valence-electron chi connectivity index (χ0n) is 15.1. The Morgan fingerprint density at radius 2 is 1.75 bits per heavy atom. The number of hydrogen-bond donors (Lipinski definition) is 2. The second-order valence-electron chi connectivity index (χ2n) is 7.63. The predicted molar refractivity (Wildman–Crippen MR) is 98.3 cm³/mol. The van der Waals surface area contributed by atoms with Crippen LogP contribution in [0.25, 0.3) is 0 Å². The van der Waals surface area contributed by atoms with Gasteiger partial charge in [-0.05, 0) is 30.7 Å². The molecule has 142 valence electrons. The number of imide groups is 1. The van der Waals surface area contributed by atoms with Crippen LogP contribution in [0.15, 0.2) is 48.5 Å². The lowest BCUT2D eigenvalue weighted by Gasteiger charge is -2.29. The van der Waals surface area contributed by atoms with Crippen LogP contribution in [0.4, 0.5) is 10.1 Å². The average Bonchev–Trinajstić information content (AvgIpc) is 3.23. The number of nitrogens with zero attached hydrogens (tertiary/aromatic N) is 1. The third-order valence-corrected chi connectivity index (χ3v) is 6.12. The first-order valence-electron chi connectivity index (χ1n) is 9.22. The zero-order chi connectivity index (χ0) is 19.6. The third-order valence-electron chi connectivity index (χ3n) is 6.12. The Morgan fingerprint density at radius 3 is 2.50 bits per heavy atom. The summed E-state index contributed by atoms with van der Waals surface area (Å²) in [6.07, 6.45) is 0. The maximum atomic E-state index is 13.3. The maximum Gasteiger partial charge on any atom is 0.250 e. The SMILES string of the molecule is C[C@@H]1N[C@]2(C(=O)Nc3ccccc32)[C@@H]2C(=O)N(Cc3ccc(F)cc3)C(=O)[C@H]12. The smallest absolute Gasteiger partial charge is 0.250 e. The molecule has 2 aromatic rings. The van der Waals surface area contributed by atoms with Crippen LogP contribution in [0.3, 0.4) is 0 Å². The molecule has 0 bridgehead atoms. The summed E-state index contributed by atoms with van der Waals surface area (Å²) in [4.78, 5) is 40.6. The maximum absolute atomic E-state index is 13.3. The van der Waals surface area contributed by atoms with E-state index in [1.165, 1.54) is 17.0 Å². The highest BCUT2D eigenvalue weighted by atomic mass is 19.1. The highest BCUT2D eigenvalue weighted by Gasteiger charge is 2.69. The number of carbonyl (C=O) groups excluding carboxylic acids is 3. The molecular weight excluding hydrogens is 361 g/mol. The van der Waals surface area contributed by atoms with Crippen molar-refractivity contribution in [3.05, 3.63) is 65.5 Å². The molecule has 3 aliphatic rings. The monoisotopic (exact) mass is 379 g/mol. The van der Waals surface area contributed by atoms with Crippen molar-refractivity contribution >= 4 is 23.4 Å². The Morgan fingerprint density at radius 1 is 1.04 bits per heavy atom. The van der Waals surface area contributed by atoms with Gasteiger partial charge in [0, 0.05) is 17.3 Å². The van der Waals surface area contributed by atoms with E-state index in [-0.39, 0.29) is 36.1 Å². The van der Waals surface area contributed by atoms with Crippen LogP contribution < -0.4 is 10.6 Å². The molecule has 3 aliphatic heterocycles. The van der Waals surface area contributed by atoms with Crippen molar-refractivity contribution in [2.45, 2.75) is 25.0 Å². The fourth-order valence-corrected chi connectivity index (χ4v) is 4.91. The van der Waals surface area contributed by atoms with E-state index in [2.05, 4.69) is 10.6 Å². The fourth-order valence-electron chi connectivity index (χ4n) is 4.91. The molecule has 0 aliphatic carbocycles. The summed E-state index contributed by atoms with van der Waals surface area (Å²) in [6, 6.07) is 12.6. The quantitative estimate of drug-likeness (QED) is 0.780. The number of hydrogen-bond acceptors (Lipinski definition) is 4. The number of carbonyl (C=O) groups is 3. The van der Waals surface area contributed by atoms with E-state index in [1.54, 1.807) is 18.2 Å². The third kappa shape index (κ3) is 2.08. The summed E-state index contributed by atoms with van der Waals surface area (Å²) in [5, 5.41) is 6.10. The lowest BCUT2D eigenvalue weighted by Crippen LogP contribution is -2.52. The van der Waals surface area contributed by atoms with Crippen molar-refractivity contribution in [3.63, 3.8) is 0 Å². The van der Waals surface area contributed by atoms with Crippen LogP contribution in [0.1, 0.15) is 18.1 Å². The highest BCUT2D eigenvalue weighted by molar-refractivity contribution is 6.15. The van der Waals surface area contributed by atoms with E-state index in [1.807, 2.05) is 25.1 Å². The molecule has 2 aromatic carbocycles. The first kappa shape index (κ1) is 17.1. The van der Waals surface area contributed by atoms with E-state index < -0.39 is 17.4 Å². The fraction of sp³-hybridized carbons (Fsp3) is 0.286. The Hall–Kier alpha value is -3.06. The van der Waals surface area contributed by atoms with Gasteiger partial charge in [0.25, 0.3) is 0 Å². The number of likely N-dealkylation sites (tertiary alicyclic amines) is 1. The van der Waals surface area contributed by atoms with Gasteiger partial charge in [0.2, 0.25) is 17.7 Å². The summed E-state index contributed by atoms with van der Waals surface area (Å²) in [5.41, 5.74) is 0.772. The molecule has 6 nitrogen and oxygen atoms in total. The van der Waals surface area contributed by atoms with Gasteiger partial charge in [0.05, 0.1) is 18.4 Å². The van der Waals surface area contributed by atoms with Gasteiger partial charge < -0.3 is 5.32 Å². The Labute approximate surface area is 160 Å². The van der Waals surface area contributed by atoms with Crippen LogP contribution >= 0.6 is 0 Å². The number of fused-ring (bicyclic) bond motifs is 4. The summed E-state index contributed by atoms with van der Waals surface area (Å²) >= 11 is 0. The van der Waals surface area contributed by atoms with Gasteiger partial charge >= 0.3 is 0 Å². The van der Waals surface area contributed by atoms with Gasteiger partial charge in [-0.25, -0.2) is 4.39 Å². The van der Waals surface area contributed by atoms with Gasteiger partial charge in [-0.1, -0.05) is 30.3 Å². The number of para-hydroxylation sites is 1. The molecular formula is C21H18FN3O3. The topological polar surface area (TPSA) is 78.5 Å². The molecule has 3 amide bonds. The van der Waals surface area contributed by atoms with E-state index in [9.17, 15) is 18.8 Å². The second kappa shape index (κ2) is 5.72. The van der Waals surface area contributed by atoms with Crippen molar-refractivity contribution in [1.29, 1.82) is 0 Å². The Bertz CT molecular complexity index is 1020. The first-order valence-corrected chi connectivity index (χ1v) is 9.22. The Balaban J connectivity index is 1.56. The van der Waals surface area contributed by atoms with E-state index in [4.69, 9.17) is 0 Å². The number of amides is 3. The molecule has 7 heteroatoms. The molecule has 28 heavy (non-hydrogen) atoms. The largest absolute Gasteiger partial charge is 0.324 e. The number of anilines is 1. The molecule has 2 saturated heterocycles. The van der Waals surface area contributed by atoms with E-state index in [0.29, 0.717) is 16.8 Å². The molecule has 4 atom stereocenters. The minimum absolute atomic E-state index is 0.0665. The number of nitrogens with one attached hydrogen (secondary N) is 2. The first-order chi connectivity index (χ1) is 13.4. The van der Waals surface area contributed by atoms with Gasteiger partial charge in [-0.15, -0.1) is 0 Å². The van der Waals surface area contributed by atoms with E-state index >= 15 is 0 Å². The molecule has 0 unspecified atom stereocenters. The summed E-state index contributed by atoms with van der Waals surface area (Å²) in [5.74, 6) is -2.78. The van der Waals surface area contributed by atoms with Crippen molar-refractivity contribution in [2.24, 2.45) is 11.8 Å². The van der Waals surface area contributed by atoms with Crippen LogP contribution in [0, 0.1) is 17.7 Å². The molecule has 0 aromatic heterocycles.